The minimum atomic E-state index is 0. The molecule has 0 bridgehead atoms. The van der Waals surface area contributed by atoms with Gasteiger partial charge in [0.1, 0.15) is 0 Å². The van der Waals surface area contributed by atoms with Gasteiger partial charge in [-0.3, -0.25) is 4.99 Å². The van der Waals surface area contributed by atoms with Gasteiger partial charge in [0.2, 0.25) is 0 Å². The molecule has 0 aliphatic rings. The maximum absolute atomic E-state index is 10.8. The van der Waals surface area contributed by atoms with Gasteiger partial charge in [-0.1, -0.05) is 42.5 Å². The molecule has 2 aromatic rings. The number of nitrogens with zero attached hydrogens (tertiary/aromatic N) is 1. The van der Waals surface area contributed by atoms with Crippen molar-refractivity contribution in [2.24, 2.45) is 4.99 Å². The number of hydrogen-bond donors (Lipinski definition) is 0. The number of aliphatic imine (C=N–C) groups is 1. The summed E-state index contributed by atoms with van der Waals surface area (Å²) in [5, 5.41) is 10.8. The van der Waals surface area contributed by atoms with Crippen LogP contribution in [0.4, 0.5) is 5.69 Å². The van der Waals surface area contributed by atoms with Crippen molar-refractivity contribution in [3.63, 3.8) is 0 Å². The summed E-state index contributed by atoms with van der Waals surface area (Å²) in [7, 11) is 0. The monoisotopic (exact) mass is 235 g/mol. The topological polar surface area (TPSA) is 35.4 Å². The van der Waals surface area contributed by atoms with Crippen molar-refractivity contribution in [3.05, 3.63) is 60.2 Å². The summed E-state index contributed by atoms with van der Waals surface area (Å²) >= 11 is 0. The fraction of sp³-hybridized carbons (Fsp3) is 0. The molecule has 16 heavy (non-hydrogen) atoms. The van der Waals surface area contributed by atoms with Crippen LogP contribution in [0.15, 0.2) is 59.6 Å². The zero-order valence-corrected chi connectivity index (χ0v) is 12.3. The van der Waals surface area contributed by atoms with Gasteiger partial charge >= 0.3 is 51.4 Å². The van der Waals surface area contributed by atoms with Crippen LogP contribution in [0.1, 0.15) is 5.56 Å². The smallest absolute Gasteiger partial charge is 0.872 e. The molecule has 2 aromatic carbocycles. The first-order valence-corrected chi connectivity index (χ1v) is 4.71. The Labute approximate surface area is 137 Å². The summed E-state index contributed by atoms with van der Waals surface area (Å²) < 4.78 is 0. The molecule has 0 saturated heterocycles. The normalized spacial score (nSPS) is 10.0. The fourth-order valence-electron chi connectivity index (χ4n) is 1.22. The van der Waals surface area contributed by atoms with Gasteiger partial charge in [0, 0.05) is 6.21 Å². The summed E-state index contributed by atoms with van der Waals surface area (Å²) in [5.74, 6) is 0.00802. The largest absolute Gasteiger partial charge is 1.00 e. The van der Waals surface area contributed by atoms with Crippen molar-refractivity contribution in [1.29, 1.82) is 0 Å². The third kappa shape index (κ3) is 4.19. The molecule has 0 heterocycles. The zero-order chi connectivity index (χ0) is 10.5. The van der Waals surface area contributed by atoms with Gasteiger partial charge in [-0.15, -0.1) is 5.75 Å². The third-order valence-electron chi connectivity index (χ3n) is 2.00. The van der Waals surface area contributed by atoms with Crippen molar-refractivity contribution >= 4 is 11.9 Å². The average molecular weight is 235 g/mol. The Morgan fingerprint density at radius 1 is 0.875 bits per heavy atom. The molecule has 74 valence electrons. The minimum Gasteiger partial charge on any atom is -0.872 e. The molecule has 0 aliphatic heterocycles. The molecule has 0 N–H and O–H groups in total. The van der Waals surface area contributed by atoms with Gasteiger partial charge in [-0.05, 0) is 17.7 Å². The van der Waals surface area contributed by atoms with Gasteiger partial charge in [-0.2, -0.15) is 0 Å². The standard InChI is InChI=1S/C13H11NO.K/c15-13-8-6-12(7-9-13)14-10-11-4-2-1-3-5-11;/h1-10,15H;/q;+1/p-1. The average Bonchev–Trinajstić information content (AvgIpc) is 2.30. The molecule has 0 spiro atoms. The van der Waals surface area contributed by atoms with Crippen molar-refractivity contribution in [3.8, 4) is 5.75 Å². The Balaban J connectivity index is 0.00000128. The van der Waals surface area contributed by atoms with Crippen LogP contribution in [0.25, 0.3) is 0 Å². The fourth-order valence-corrected chi connectivity index (χ4v) is 1.22. The molecular weight excluding hydrogens is 225 g/mol. The SMILES string of the molecule is [K+].[O-]c1ccc(N=Cc2ccccc2)cc1. The van der Waals surface area contributed by atoms with Crippen LogP contribution >= 0.6 is 0 Å². The summed E-state index contributed by atoms with van der Waals surface area (Å²) in [4.78, 5) is 4.25. The van der Waals surface area contributed by atoms with E-state index in [1.54, 1.807) is 18.3 Å². The van der Waals surface area contributed by atoms with Crippen LogP contribution < -0.4 is 56.5 Å². The maximum atomic E-state index is 10.8. The van der Waals surface area contributed by atoms with Crippen LogP contribution in [0, 0.1) is 0 Å². The molecule has 2 nitrogen and oxygen atoms in total. The summed E-state index contributed by atoms with van der Waals surface area (Å²) in [6.07, 6.45) is 1.78. The van der Waals surface area contributed by atoms with Crippen LogP contribution in [0.3, 0.4) is 0 Å². The molecule has 0 fully saturated rings. The molecule has 0 amide bonds. The van der Waals surface area contributed by atoms with Crippen LogP contribution in [-0.4, -0.2) is 6.21 Å². The van der Waals surface area contributed by atoms with Crippen LogP contribution in [-0.2, 0) is 0 Å². The van der Waals surface area contributed by atoms with E-state index in [9.17, 15) is 5.11 Å². The molecule has 2 rings (SSSR count). The predicted molar refractivity (Wildman–Crippen MR) is 59.6 cm³/mol. The maximum Gasteiger partial charge on any atom is 1.00 e. The van der Waals surface area contributed by atoms with E-state index in [0.717, 1.165) is 11.3 Å². The van der Waals surface area contributed by atoms with E-state index in [1.165, 1.54) is 12.1 Å². The Kier molecular flexibility index (Phi) is 5.94. The van der Waals surface area contributed by atoms with Gasteiger partial charge in [0.05, 0.1) is 5.69 Å². The second-order valence-corrected chi connectivity index (χ2v) is 3.16. The number of rotatable bonds is 2. The number of hydrogen-bond acceptors (Lipinski definition) is 2. The first kappa shape index (κ1) is 13.6. The molecule has 0 unspecified atom stereocenters. The Morgan fingerprint density at radius 2 is 1.50 bits per heavy atom. The van der Waals surface area contributed by atoms with E-state index < -0.39 is 0 Å². The molecule has 0 radical (unpaired) electrons. The van der Waals surface area contributed by atoms with Gasteiger partial charge in [0.15, 0.2) is 0 Å². The summed E-state index contributed by atoms with van der Waals surface area (Å²) in [6.45, 7) is 0. The minimum absolute atomic E-state index is 0. The van der Waals surface area contributed by atoms with E-state index in [1.807, 2.05) is 30.3 Å². The van der Waals surface area contributed by atoms with E-state index in [2.05, 4.69) is 4.99 Å². The van der Waals surface area contributed by atoms with Gasteiger partial charge < -0.3 is 5.11 Å². The Bertz CT molecular complexity index is 451. The molecular formula is C13H10KNO. The van der Waals surface area contributed by atoms with E-state index in [4.69, 9.17) is 0 Å². The molecule has 0 aliphatic carbocycles. The van der Waals surface area contributed by atoms with Crippen molar-refractivity contribution < 1.29 is 56.5 Å². The van der Waals surface area contributed by atoms with Crippen molar-refractivity contribution in [2.45, 2.75) is 0 Å². The summed E-state index contributed by atoms with van der Waals surface area (Å²) in [5.41, 5.74) is 1.84. The van der Waals surface area contributed by atoms with Crippen LogP contribution in [0.5, 0.6) is 5.75 Å². The van der Waals surface area contributed by atoms with Crippen LogP contribution in [0.2, 0.25) is 0 Å². The van der Waals surface area contributed by atoms with Gasteiger partial charge in [0.25, 0.3) is 0 Å². The Morgan fingerprint density at radius 3 is 2.12 bits per heavy atom. The van der Waals surface area contributed by atoms with E-state index in [0.29, 0.717) is 0 Å². The van der Waals surface area contributed by atoms with Crippen molar-refractivity contribution in [2.75, 3.05) is 0 Å². The summed E-state index contributed by atoms with van der Waals surface area (Å²) in [6, 6.07) is 16.3. The Hall–Kier alpha value is -0.454. The van der Waals surface area contributed by atoms with Gasteiger partial charge in [-0.25, -0.2) is 0 Å². The molecule has 0 atom stereocenters. The number of benzene rings is 2. The van der Waals surface area contributed by atoms with Crippen molar-refractivity contribution in [1.82, 2.24) is 0 Å². The third-order valence-corrected chi connectivity index (χ3v) is 2.00. The zero-order valence-electron chi connectivity index (χ0n) is 9.13. The second kappa shape index (κ2) is 6.99. The molecule has 3 heteroatoms. The molecule has 0 saturated carbocycles. The second-order valence-electron chi connectivity index (χ2n) is 3.16. The first-order valence-electron chi connectivity index (χ1n) is 4.71. The molecule has 0 aromatic heterocycles. The quantitative estimate of drug-likeness (QED) is 0.511. The predicted octanol–water partition coefficient (Wildman–Crippen LogP) is -0.485. The first-order chi connectivity index (χ1) is 7.34. The van der Waals surface area contributed by atoms with E-state index in [-0.39, 0.29) is 57.1 Å². The van der Waals surface area contributed by atoms with E-state index >= 15 is 0 Å².